The van der Waals surface area contributed by atoms with Gasteiger partial charge in [0.15, 0.2) is 0 Å². The van der Waals surface area contributed by atoms with Crippen LogP contribution in [0.25, 0.3) is 0 Å². The van der Waals surface area contributed by atoms with E-state index in [2.05, 4.69) is 20.5 Å². The smallest absolute Gasteiger partial charge is 0.126 e. The van der Waals surface area contributed by atoms with Crippen LogP contribution in [0.5, 0.6) is 0 Å². The van der Waals surface area contributed by atoms with E-state index in [1.54, 1.807) is 6.07 Å². The fourth-order valence-corrected chi connectivity index (χ4v) is 1.06. The lowest BCUT2D eigenvalue weighted by Crippen LogP contribution is -1.81. The summed E-state index contributed by atoms with van der Waals surface area (Å²) in [6, 6.07) is 4.19. The molecule has 0 saturated heterocycles. The monoisotopic (exact) mass is 223 g/mol. The number of halogens is 3. The van der Waals surface area contributed by atoms with Gasteiger partial charge in [-0.05, 0) is 18.2 Å². The summed E-state index contributed by atoms with van der Waals surface area (Å²) in [5, 5.41) is 0.377. The standard InChI is InChI=1S/C6H4BrClFN/c7-10-6-2-4(8)1-5(9)3-6/h1-3,10H. The largest absolute Gasteiger partial charge is 0.322 e. The summed E-state index contributed by atoms with van der Waals surface area (Å²) < 4.78 is 15.1. The summed E-state index contributed by atoms with van der Waals surface area (Å²) in [7, 11) is 0. The first-order chi connectivity index (χ1) is 4.72. The zero-order valence-electron chi connectivity index (χ0n) is 4.87. The number of benzene rings is 1. The highest BCUT2D eigenvalue weighted by Gasteiger charge is 1.95. The molecule has 1 rings (SSSR count). The molecule has 1 nitrogen and oxygen atoms in total. The van der Waals surface area contributed by atoms with Crippen molar-refractivity contribution in [3.8, 4) is 0 Å². The average molecular weight is 224 g/mol. The Morgan fingerprint density at radius 1 is 1.40 bits per heavy atom. The molecule has 0 aliphatic heterocycles. The molecule has 0 radical (unpaired) electrons. The molecule has 0 fully saturated rings. The van der Waals surface area contributed by atoms with Gasteiger partial charge in [-0.15, -0.1) is 0 Å². The fraction of sp³-hybridized carbons (Fsp3) is 0. The lowest BCUT2D eigenvalue weighted by molar-refractivity contribution is 0.628. The first-order valence-electron chi connectivity index (χ1n) is 2.55. The van der Waals surface area contributed by atoms with Crippen LogP contribution in [-0.2, 0) is 0 Å². The Balaban J connectivity index is 3.06. The highest BCUT2D eigenvalue weighted by atomic mass is 79.9. The lowest BCUT2D eigenvalue weighted by Gasteiger charge is -1.97. The molecule has 0 aromatic heterocycles. The van der Waals surface area contributed by atoms with Crippen LogP contribution >= 0.6 is 27.7 Å². The van der Waals surface area contributed by atoms with Gasteiger partial charge in [-0.1, -0.05) is 11.6 Å². The van der Waals surface area contributed by atoms with Crippen LogP contribution in [0.15, 0.2) is 18.2 Å². The third-order valence-electron chi connectivity index (χ3n) is 0.972. The molecule has 0 amide bonds. The Labute approximate surface area is 71.5 Å². The molecule has 0 atom stereocenters. The van der Waals surface area contributed by atoms with Crippen LogP contribution in [-0.4, -0.2) is 0 Å². The van der Waals surface area contributed by atoms with E-state index in [0.29, 0.717) is 10.7 Å². The first kappa shape index (κ1) is 7.82. The Kier molecular flexibility index (Phi) is 2.51. The molecule has 4 heteroatoms. The Morgan fingerprint density at radius 2 is 2.10 bits per heavy atom. The second-order valence-corrected chi connectivity index (χ2v) is 2.59. The van der Waals surface area contributed by atoms with Gasteiger partial charge < -0.3 is 4.34 Å². The van der Waals surface area contributed by atoms with Crippen LogP contribution in [0, 0.1) is 5.82 Å². The lowest BCUT2D eigenvalue weighted by atomic mass is 10.3. The maximum Gasteiger partial charge on any atom is 0.126 e. The fourth-order valence-electron chi connectivity index (χ4n) is 0.608. The van der Waals surface area contributed by atoms with Gasteiger partial charge >= 0.3 is 0 Å². The van der Waals surface area contributed by atoms with E-state index in [1.165, 1.54) is 12.1 Å². The molecule has 1 N–H and O–H groups in total. The summed E-state index contributed by atoms with van der Waals surface area (Å²) >= 11 is 8.48. The van der Waals surface area contributed by atoms with Gasteiger partial charge in [0, 0.05) is 26.9 Å². The van der Waals surface area contributed by atoms with Crippen molar-refractivity contribution < 1.29 is 4.39 Å². The number of hydrogen-bond donors (Lipinski definition) is 1. The molecule has 0 aliphatic carbocycles. The van der Waals surface area contributed by atoms with Crippen molar-refractivity contribution in [1.82, 2.24) is 0 Å². The van der Waals surface area contributed by atoms with Crippen molar-refractivity contribution in [3.05, 3.63) is 29.0 Å². The Hall–Kier alpha value is -0.280. The summed E-state index contributed by atoms with van der Waals surface area (Å²) in [4.78, 5) is 0. The summed E-state index contributed by atoms with van der Waals surface area (Å²) in [5.74, 6) is -0.352. The second kappa shape index (κ2) is 3.21. The summed E-state index contributed by atoms with van der Waals surface area (Å²) in [6.07, 6.45) is 0. The minimum absolute atomic E-state index is 0.352. The molecule has 1 aromatic rings. The predicted molar refractivity (Wildman–Crippen MR) is 44.0 cm³/mol. The van der Waals surface area contributed by atoms with Crippen molar-refractivity contribution >= 4 is 33.4 Å². The number of hydrogen-bond acceptors (Lipinski definition) is 1. The van der Waals surface area contributed by atoms with Crippen LogP contribution in [0.2, 0.25) is 5.02 Å². The third-order valence-corrected chi connectivity index (χ3v) is 1.65. The summed E-state index contributed by atoms with van der Waals surface area (Å²) in [5.41, 5.74) is 0.602. The van der Waals surface area contributed by atoms with Crippen molar-refractivity contribution in [3.63, 3.8) is 0 Å². The van der Waals surface area contributed by atoms with E-state index in [0.717, 1.165) is 0 Å². The van der Waals surface area contributed by atoms with Gasteiger partial charge in [-0.2, -0.15) is 0 Å². The van der Waals surface area contributed by atoms with Gasteiger partial charge in [0.1, 0.15) is 5.82 Å². The molecule has 0 heterocycles. The van der Waals surface area contributed by atoms with E-state index >= 15 is 0 Å². The van der Waals surface area contributed by atoms with Crippen LogP contribution in [0.1, 0.15) is 0 Å². The van der Waals surface area contributed by atoms with Crippen molar-refractivity contribution in [2.45, 2.75) is 0 Å². The zero-order chi connectivity index (χ0) is 7.56. The normalized spacial score (nSPS) is 9.50. The minimum atomic E-state index is -0.352. The zero-order valence-corrected chi connectivity index (χ0v) is 7.21. The SMILES string of the molecule is Fc1cc(Cl)cc(NBr)c1. The van der Waals surface area contributed by atoms with E-state index in [1.807, 2.05) is 0 Å². The van der Waals surface area contributed by atoms with E-state index < -0.39 is 0 Å². The molecule has 0 bridgehead atoms. The van der Waals surface area contributed by atoms with Crippen molar-refractivity contribution in [2.75, 3.05) is 4.34 Å². The molecular weight excluding hydrogens is 220 g/mol. The molecule has 0 spiro atoms. The third kappa shape index (κ3) is 1.85. The van der Waals surface area contributed by atoms with Crippen LogP contribution in [0.3, 0.4) is 0 Å². The predicted octanol–water partition coefficient (Wildman–Crippen LogP) is 3.20. The van der Waals surface area contributed by atoms with E-state index in [9.17, 15) is 4.39 Å². The molecule has 0 aliphatic rings. The summed E-state index contributed by atoms with van der Waals surface area (Å²) in [6.45, 7) is 0. The quantitative estimate of drug-likeness (QED) is 0.722. The van der Waals surface area contributed by atoms with Crippen molar-refractivity contribution in [2.24, 2.45) is 0 Å². The topological polar surface area (TPSA) is 12.0 Å². The molecule has 0 saturated carbocycles. The molecular formula is C6H4BrClFN. The average Bonchev–Trinajstić information content (AvgIpc) is 1.85. The Bertz CT molecular complexity index is 221. The highest BCUT2D eigenvalue weighted by molar-refractivity contribution is 9.10. The van der Waals surface area contributed by atoms with Gasteiger partial charge in [0.2, 0.25) is 0 Å². The molecule has 0 unspecified atom stereocenters. The first-order valence-corrected chi connectivity index (χ1v) is 3.72. The van der Waals surface area contributed by atoms with Crippen LogP contribution < -0.4 is 4.34 Å². The maximum absolute atomic E-state index is 12.5. The maximum atomic E-state index is 12.5. The van der Waals surface area contributed by atoms with Gasteiger partial charge in [0.05, 0.1) is 0 Å². The highest BCUT2D eigenvalue weighted by Crippen LogP contribution is 2.18. The van der Waals surface area contributed by atoms with Gasteiger partial charge in [-0.3, -0.25) is 0 Å². The second-order valence-electron chi connectivity index (χ2n) is 1.75. The Morgan fingerprint density at radius 3 is 2.60 bits per heavy atom. The molecule has 1 aromatic carbocycles. The van der Waals surface area contributed by atoms with Gasteiger partial charge in [-0.25, -0.2) is 4.39 Å². The van der Waals surface area contributed by atoms with E-state index in [-0.39, 0.29) is 5.82 Å². The number of nitrogens with one attached hydrogen (secondary N) is 1. The number of rotatable bonds is 1. The molecule has 10 heavy (non-hydrogen) atoms. The van der Waals surface area contributed by atoms with E-state index in [4.69, 9.17) is 11.6 Å². The minimum Gasteiger partial charge on any atom is -0.322 e. The van der Waals surface area contributed by atoms with Crippen molar-refractivity contribution in [1.29, 1.82) is 0 Å². The number of anilines is 1. The van der Waals surface area contributed by atoms with Crippen LogP contribution in [0.4, 0.5) is 10.1 Å². The molecule has 54 valence electrons. The van der Waals surface area contributed by atoms with Gasteiger partial charge in [0.25, 0.3) is 0 Å².